The van der Waals surface area contributed by atoms with Gasteiger partial charge < -0.3 is 25.1 Å². The van der Waals surface area contributed by atoms with Gasteiger partial charge in [0.15, 0.2) is 0 Å². The Kier molecular flexibility index (Phi) is 6.65. The van der Waals surface area contributed by atoms with Crippen molar-refractivity contribution in [1.82, 2.24) is 9.88 Å². The maximum atomic E-state index is 13.7. The number of aromatic amines is 1. The molecule has 2 heterocycles. The number of nitrogens with zero attached hydrogens (tertiary/aromatic N) is 1. The second-order valence-corrected chi connectivity index (χ2v) is 7.97. The molecule has 1 aromatic heterocycles. The first kappa shape index (κ1) is 21.8. The Hall–Kier alpha value is -1.90. The lowest BCUT2D eigenvalue weighted by Gasteiger charge is -2.31. The van der Waals surface area contributed by atoms with Crippen LogP contribution in [0, 0.1) is 0 Å². The molecule has 1 aliphatic heterocycles. The van der Waals surface area contributed by atoms with Gasteiger partial charge in [-0.2, -0.15) is 0 Å². The minimum Gasteiger partial charge on any atom is -0.460 e. The van der Waals surface area contributed by atoms with Crippen LogP contribution in [0.4, 0.5) is 4.39 Å². The molecule has 0 aromatic carbocycles. The number of likely N-dealkylation sites (tertiary alicyclic amines) is 1. The van der Waals surface area contributed by atoms with Crippen molar-refractivity contribution in [1.29, 1.82) is 0 Å². The summed E-state index contributed by atoms with van der Waals surface area (Å²) in [6, 6.07) is -1.25. The van der Waals surface area contributed by atoms with E-state index < -0.39 is 36.4 Å². The number of halogens is 2. The number of aromatic nitrogens is 1. The van der Waals surface area contributed by atoms with Crippen LogP contribution in [0.1, 0.15) is 37.1 Å². The average Bonchev–Trinajstić information content (AvgIpc) is 3.20. The molecule has 9 heteroatoms. The fraction of sp³-hybridized carbons (Fsp3) is 0.600. The summed E-state index contributed by atoms with van der Waals surface area (Å²) in [6.07, 6.45) is 2.32. The molecule has 1 amide bonds. The van der Waals surface area contributed by atoms with E-state index in [2.05, 4.69) is 4.98 Å². The zero-order valence-electron chi connectivity index (χ0n) is 16.8. The number of fused-ring (bicyclic) bond motifs is 1. The van der Waals surface area contributed by atoms with Gasteiger partial charge in [0, 0.05) is 45.5 Å². The number of methoxy groups -OCH3 is 1. The van der Waals surface area contributed by atoms with Crippen molar-refractivity contribution in [3.63, 3.8) is 0 Å². The molecule has 0 bridgehead atoms. The van der Waals surface area contributed by atoms with Crippen molar-refractivity contribution in [2.24, 2.45) is 5.73 Å². The van der Waals surface area contributed by atoms with Gasteiger partial charge in [-0.1, -0.05) is 17.7 Å². The number of hydrogen-bond acceptors (Lipinski definition) is 5. The van der Waals surface area contributed by atoms with E-state index in [0.717, 1.165) is 16.8 Å². The van der Waals surface area contributed by atoms with Crippen molar-refractivity contribution in [3.05, 3.63) is 28.0 Å². The first-order chi connectivity index (χ1) is 13.7. The Morgan fingerprint density at radius 2 is 2.21 bits per heavy atom. The van der Waals surface area contributed by atoms with E-state index in [-0.39, 0.29) is 12.3 Å². The first-order valence-corrected chi connectivity index (χ1v) is 10.1. The smallest absolute Gasteiger partial charge is 0.302 e. The van der Waals surface area contributed by atoms with Crippen LogP contribution in [0.5, 0.6) is 0 Å². The van der Waals surface area contributed by atoms with Gasteiger partial charge in [0.1, 0.15) is 23.5 Å². The molecular formula is C20H27ClFN3O4. The number of carbonyl (C=O) groups excluding carboxylic acids is 2. The number of nitrogens with two attached hydrogens (primary N) is 1. The lowest BCUT2D eigenvalue weighted by Crippen LogP contribution is -2.53. The summed E-state index contributed by atoms with van der Waals surface area (Å²) in [4.78, 5) is 29.3. The monoisotopic (exact) mass is 427 g/mol. The molecule has 29 heavy (non-hydrogen) atoms. The van der Waals surface area contributed by atoms with Crippen molar-refractivity contribution in [3.8, 4) is 0 Å². The summed E-state index contributed by atoms with van der Waals surface area (Å²) in [7, 11) is 1.50. The zero-order valence-corrected chi connectivity index (χ0v) is 17.5. The number of rotatable bonds is 6. The third-order valence-electron chi connectivity index (χ3n) is 5.71. The van der Waals surface area contributed by atoms with Crippen molar-refractivity contribution >= 4 is 29.6 Å². The van der Waals surface area contributed by atoms with Gasteiger partial charge in [-0.3, -0.25) is 9.59 Å². The Morgan fingerprint density at radius 1 is 1.48 bits per heavy atom. The van der Waals surface area contributed by atoms with Crippen molar-refractivity contribution in [2.45, 2.75) is 63.6 Å². The van der Waals surface area contributed by atoms with Crippen LogP contribution in [0.3, 0.4) is 0 Å². The van der Waals surface area contributed by atoms with E-state index in [1.54, 1.807) is 17.9 Å². The highest BCUT2D eigenvalue weighted by atomic mass is 35.5. The number of H-pyrrole nitrogens is 1. The summed E-state index contributed by atoms with van der Waals surface area (Å²) in [5.74, 6) is -0.676. The lowest BCUT2D eigenvalue weighted by molar-refractivity contribution is -0.150. The third-order valence-corrected chi connectivity index (χ3v) is 6.03. The summed E-state index contributed by atoms with van der Waals surface area (Å²) < 4.78 is 24.4. The average molecular weight is 428 g/mol. The van der Waals surface area contributed by atoms with Crippen LogP contribution in [0.25, 0.3) is 6.08 Å². The number of amides is 1. The topological polar surface area (TPSA) is 97.7 Å². The number of alkyl halides is 1. The maximum Gasteiger partial charge on any atom is 0.302 e. The normalized spacial score (nSPS) is 25.6. The van der Waals surface area contributed by atoms with Crippen LogP contribution >= 0.6 is 11.6 Å². The summed E-state index contributed by atoms with van der Waals surface area (Å²) >= 11 is 6.41. The Labute approximate surface area is 174 Å². The predicted octanol–water partition coefficient (Wildman–Crippen LogP) is 2.01. The molecule has 3 rings (SSSR count). The molecule has 0 radical (unpaired) electrons. The van der Waals surface area contributed by atoms with Gasteiger partial charge in [-0.15, -0.1) is 0 Å². The molecule has 0 saturated carbocycles. The highest BCUT2D eigenvalue weighted by Crippen LogP contribution is 2.34. The third kappa shape index (κ3) is 4.49. The largest absolute Gasteiger partial charge is 0.460 e. The van der Waals surface area contributed by atoms with E-state index >= 15 is 0 Å². The summed E-state index contributed by atoms with van der Waals surface area (Å²) in [5, 5.41) is 0.407. The molecule has 5 atom stereocenters. The van der Waals surface area contributed by atoms with Gasteiger partial charge in [-0.05, 0) is 24.1 Å². The van der Waals surface area contributed by atoms with Crippen LogP contribution in [0.2, 0.25) is 5.15 Å². The molecule has 1 aliphatic carbocycles. The van der Waals surface area contributed by atoms with Gasteiger partial charge in [0.25, 0.3) is 0 Å². The second kappa shape index (κ2) is 8.85. The Balaban J connectivity index is 1.89. The highest BCUT2D eigenvalue weighted by Gasteiger charge is 2.42. The molecular weight excluding hydrogens is 401 g/mol. The minimum absolute atomic E-state index is 0.225. The molecule has 1 saturated heterocycles. The van der Waals surface area contributed by atoms with Crippen molar-refractivity contribution in [2.75, 3.05) is 13.7 Å². The van der Waals surface area contributed by atoms with Gasteiger partial charge in [0.2, 0.25) is 5.91 Å². The quantitative estimate of drug-likeness (QED) is 0.677. The fourth-order valence-electron chi connectivity index (χ4n) is 4.04. The highest BCUT2D eigenvalue weighted by molar-refractivity contribution is 6.30. The number of nitrogens with one attached hydrogen (secondary N) is 1. The fourth-order valence-corrected chi connectivity index (χ4v) is 4.33. The predicted molar refractivity (Wildman–Crippen MR) is 107 cm³/mol. The van der Waals surface area contributed by atoms with Crippen LogP contribution in [-0.2, 0) is 31.9 Å². The van der Waals surface area contributed by atoms with Crippen LogP contribution < -0.4 is 5.73 Å². The van der Waals surface area contributed by atoms with E-state index in [1.807, 2.05) is 0 Å². The molecule has 7 nitrogen and oxygen atoms in total. The maximum absolute atomic E-state index is 13.7. The summed E-state index contributed by atoms with van der Waals surface area (Å²) in [6.45, 7) is 3.49. The molecule has 1 unspecified atom stereocenters. The van der Waals surface area contributed by atoms with Gasteiger partial charge >= 0.3 is 5.97 Å². The van der Waals surface area contributed by atoms with Gasteiger partial charge in [0.05, 0.1) is 12.1 Å². The number of esters is 1. The molecule has 2 aliphatic rings. The zero-order chi connectivity index (χ0) is 21.3. The number of hydrogen-bond donors (Lipinski definition) is 2. The second-order valence-electron chi connectivity index (χ2n) is 7.60. The first-order valence-electron chi connectivity index (χ1n) is 9.70. The molecule has 1 aromatic rings. The molecule has 1 fully saturated rings. The number of allylic oxidation sites excluding steroid dienone is 1. The van der Waals surface area contributed by atoms with Crippen molar-refractivity contribution < 1.29 is 23.5 Å². The lowest BCUT2D eigenvalue weighted by atomic mass is 9.95. The van der Waals surface area contributed by atoms with E-state index in [9.17, 15) is 14.0 Å². The molecule has 160 valence electrons. The van der Waals surface area contributed by atoms with E-state index in [0.29, 0.717) is 24.5 Å². The molecule has 3 N–H and O–H groups in total. The standard InChI is InChI=1S/C20H27ClFN3O4/c1-10(28-3)18(23)20(27)25-7-6-17(29-11(2)26)16(25)9-14-13-5-4-12(22)8-15(13)24-19(14)21/h4-5,10,12,16-18,24H,6-9,23H2,1-3H3/t10-,12?,16-,17+,18+/m1/s1. The minimum atomic E-state index is -1.06. The number of ether oxygens (including phenoxy) is 2. The summed E-state index contributed by atoms with van der Waals surface area (Å²) in [5.41, 5.74) is 8.42. The van der Waals surface area contributed by atoms with Gasteiger partial charge in [-0.25, -0.2) is 4.39 Å². The number of carbonyl (C=O) groups is 2. The van der Waals surface area contributed by atoms with E-state index in [1.165, 1.54) is 20.1 Å². The Bertz CT molecular complexity index is 812. The van der Waals surface area contributed by atoms with E-state index in [4.69, 9.17) is 26.8 Å². The molecule has 0 spiro atoms. The van der Waals surface area contributed by atoms with Crippen LogP contribution in [0.15, 0.2) is 6.08 Å². The Morgan fingerprint density at radius 3 is 2.86 bits per heavy atom. The van der Waals surface area contributed by atoms with Crippen LogP contribution in [-0.4, -0.2) is 65.9 Å². The SMILES string of the molecule is CO[C@H](C)[C@H](N)C(=O)N1CC[C@H](OC(C)=O)[C@H]1Cc1c(Cl)[nH]c2c1C=CC(F)C2.